The van der Waals surface area contributed by atoms with Gasteiger partial charge in [0.25, 0.3) is 0 Å². The number of rotatable bonds is 3. The van der Waals surface area contributed by atoms with Gasteiger partial charge in [0, 0.05) is 23.1 Å². The van der Waals surface area contributed by atoms with Gasteiger partial charge in [-0.25, -0.2) is 9.48 Å². The maximum atomic E-state index is 12.3. The molecule has 26 heavy (non-hydrogen) atoms. The molecule has 6 heteroatoms. The van der Waals surface area contributed by atoms with Crippen molar-refractivity contribution < 1.29 is 14.3 Å². The van der Waals surface area contributed by atoms with Crippen LogP contribution in [-0.2, 0) is 16.0 Å². The molecule has 0 fully saturated rings. The summed E-state index contributed by atoms with van der Waals surface area (Å²) in [6, 6.07) is 15.5. The van der Waals surface area contributed by atoms with Crippen LogP contribution in [-0.4, -0.2) is 35.2 Å². The Labute approximate surface area is 150 Å². The van der Waals surface area contributed by atoms with Crippen LogP contribution < -0.4 is 4.74 Å². The van der Waals surface area contributed by atoms with Gasteiger partial charge in [-0.2, -0.15) is 0 Å². The van der Waals surface area contributed by atoms with E-state index in [-0.39, 0.29) is 5.97 Å². The third kappa shape index (κ3) is 2.65. The first-order valence-electron chi connectivity index (χ1n) is 8.18. The first-order valence-corrected chi connectivity index (χ1v) is 8.18. The predicted molar refractivity (Wildman–Crippen MR) is 97.0 cm³/mol. The summed E-state index contributed by atoms with van der Waals surface area (Å²) < 4.78 is 12.1. The number of methoxy groups -OCH3 is 2. The summed E-state index contributed by atoms with van der Waals surface area (Å²) in [5, 5.41) is 8.72. The van der Waals surface area contributed by atoms with Gasteiger partial charge in [-0.1, -0.05) is 35.5 Å². The average molecular weight is 347 g/mol. The van der Waals surface area contributed by atoms with Gasteiger partial charge in [0.2, 0.25) is 0 Å². The Hall–Kier alpha value is -3.41. The van der Waals surface area contributed by atoms with E-state index in [2.05, 4.69) is 10.3 Å². The monoisotopic (exact) mass is 347 g/mol. The second-order valence-corrected chi connectivity index (χ2v) is 5.93. The van der Waals surface area contributed by atoms with Gasteiger partial charge in [0.05, 0.1) is 25.6 Å². The van der Waals surface area contributed by atoms with Gasteiger partial charge >= 0.3 is 5.97 Å². The van der Waals surface area contributed by atoms with Crippen LogP contribution in [0.15, 0.2) is 54.1 Å². The Morgan fingerprint density at radius 1 is 1.12 bits per heavy atom. The number of carbonyl (C=O) groups is 1. The fourth-order valence-electron chi connectivity index (χ4n) is 3.12. The van der Waals surface area contributed by atoms with Crippen LogP contribution in [0.1, 0.15) is 11.3 Å². The predicted octanol–water partition coefficient (Wildman–Crippen LogP) is 3.06. The second-order valence-electron chi connectivity index (χ2n) is 5.93. The van der Waals surface area contributed by atoms with Crippen LogP contribution >= 0.6 is 0 Å². The molecule has 0 unspecified atom stereocenters. The largest absolute Gasteiger partial charge is 0.497 e. The van der Waals surface area contributed by atoms with E-state index in [1.807, 2.05) is 54.6 Å². The molecule has 3 aromatic rings. The topological polar surface area (TPSA) is 66.2 Å². The molecule has 0 saturated carbocycles. The van der Waals surface area contributed by atoms with Crippen molar-refractivity contribution in [2.24, 2.45) is 0 Å². The summed E-state index contributed by atoms with van der Waals surface area (Å²) in [5.74, 6) is 0.337. The Bertz CT molecular complexity index is 1010. The average Bonchev–Trinajstić information content (AvgIpc) is 3.03. The van der Waals surface area contributed by atoms with Crippen LogP contribution in [0.2, 0.25) is 0 Å². The highest BCUT2D eigenvalue weighted by molar-refractivity contribution is 5.95. The fraction of sp³-hybridized carbons (Fsp3) is 0.150. The van der Waals surface area contributed by atoms with Gasteiger partial charge in [-0.05, 0) is 24.3 Å². The van der Waals surface area contributed by atoms with Gasteiger partial charge in [-0.3, -0.25) is 0 Å². The minimum atomic E-state index is -0.368. The molecular weight excluding hydrogens is 330 g/mol. The number of aromatic nitrogens is 3. The Balaban J connectivity index is 1.95. The summed E-state index contributed by atoms with van der Waals surface area (Å²) in [7, 11) is 2.99. The zero-order valence-electron chi connectivity index (χ0n) is 14.5. The zero-order valence-corrected chi connectivity index (χ0v) is 14.5. The van der Waals surface area contributed by atoms with Crippen molar-refractivity contribution in [1.29, 1.82) is 0 Å². The summed E-state index contributed by atoms with van der Waals surface area (Å²) in [6.45, 7) is 0. The summed E-state index contributed by atoms with van der Waals surface area (Å²) in [4.78, 5) is 12.3. The van der Waals surface area contributed by atoms with E-state index in [0.717, 1.165) is 28.2 Å². The van der Waals surface area contributed by atoms with E-state index in [1.165, 1.54) is 7.11 Å². The number of hydrogen-bond donors (Lipinski definition) is 0. The van der Waals surface area contributed by atoms with Crippen molar-refractivity contribution >= 4 is 12.0 Å². The van der Waals surface area contributed by atoms with Gasteiger partial charge < -0.3 is 9.47 Å². The normalized spacial score (nSPS) is 12.5. The molecule has 130 valence electrons. The molecule has 2 aromatic carbocycles. The number of ether oxygens (including phenoxy) is 2. The van der Waals surface area contributed by atoms with E-state index in [4.69, 9.17) is 9.47 Å². The molecule has 0 bridgehead atoms. The van der Waals surface area contributed by atoms with Crippen LogP contribution in [0.3, 0.4) is 0 Å². The van der Waals surface area contributed by atoms with E-state index < -0.39 is 0 Å². The van der Waals surface area contributed by atoms with Crippen molar-refractivity contribution in [2.75, 3.05) is 14.2 Å². The zero-order chi connectivity index (χ0) is 18.1. The molecule has 1 aliphatic heterocycles. The molecule has 0 amide bonds. The third-order valence-corrected chi connectivity index (χ3v) is 4.41. The Morgan fingerprint density at radius 3 is 2.65 bits per heavy atom. The van der Waals surface area contributed by atoms with Crippen LogP contribution in [0.4, 0.5) is 0 Å². The Kier molecular flexibility index (Phi) is 4.01. The molecule has 0 N–H and O–H groups in total. The first kappa shape index (κ1) is 16.1. The standard InChI is InChI=1S/C20H17N3O3/c1-25-16-8-9-17-14(11-16)10-15(20(24)26-2)12-18-19(21-22-23(17)18)13-6-4-3-5-7-13/h3-11H,12H2,1-2H3. The number of benzene rings is 2. The highest BCUT2D eigenvalue weighted by Gasteiger charge is 2.25. The lowest BCUT2D eigenvalue weighted by Crippen LogP contribution is -2.09. The van der Waals surface area contributed by atoms with Crippen LogP contribution in [0.25, 0.3) is 23.0 Å². The fourth-order valence-corrected chi connectivity index (χ4v) is 3.12. The smallest absolute Gasteiger partial charge is 0.334 e. The van der Waals surface area contributed by atoms with Crippen molar-refractivity contribution in [3.8, 4) is 22.7 Å². The SMILES string of the molecule is COC(=O)C1=Cc2cc(OC)ccc2-n2nnc(-c3ccccc3)c2C1. The molecule has 0 radical (unpaired) electrons. The van der Waals surface area contributed by atoms with Crippen LogP contribution in [0, 0.1) is 0 Å². The summed E-state index contributed by atoms with van der Waals surface area (Å²) >= 11 is 0. The molecule has 1 aliphatic rings. The number of fused-ring (bicyclic) bond motifs is 3. The van der Waals surface area contributed by atoms with Crippen molar-refractivity contribution in [3.63, 3.8) is 0 Å². The lowest BCUT2D eigenvalue weighted by Gasteiger charge is -2.09. The molecule has 1 aromatic heterocycles. The number of carbonyl (C=O) groups excluding carboxylic acids is 1. The maximum absolute atomic E-state index is 12.3. The maximum Gasteiger partial charge on any atom is 0.334 e. The number of nitrogens with zero attached hydrogens (tertiary/aromatic N) is 3. The van der Waals surface area contributed by atoms with Crippen molar-refractivity contribution in [1.82, 2.24) is 15.0 Å². The molecule has 2 heterocycles. The van der Waals surface area contributed by atoms with Crippen LogP contribution in [0.5, 0.6) is 5.75 Å². The summed E-state index contributed by atoms with van der Waals surface area (Å²) in [5.41, 5.74) is 4.76. The van der Waals surface area contributed by atoms with E-state index in [0.29, 0.717) is 17.7 Å². The molecule has 6 nitrogen and oxygen atoms in total. The van der Waals surface area contributed by atoms with E-state index in [9.17, 15) is 4.79 Å². The molecule has 0 aliphatic carbocycles. The summed E-state index contributed by atoms with van der Waals surface area (Å²) in [6.07, 6.45) is 2.20. The molecule has 0 saturated heterocycles. The molecular formula is C20H17N3O3. The van der Waals surface area contributed by atoms with Gasteiger partial charge in [0.1, 0.15) is 11.4 Å². The minimum Gasteiger partial charge on any atom is -0.497 e. The van der Waals surface area contributed by atoms with Gasteiger partial charge in [0.15, 0.2) is 0 Å². The number of hydrogen-bond acceptors (Lipinski definition) is 5. The quantitative estimate of drug-likeness (QED) is 0.681. The van der Waals surface area contributed by atoms with E-state index in [1.54, 1.807) is 11.8 Å². The molecule has 0 spiro atoms. The van der Waals surface area contributed by atoms with E-state index >= 15 is 0 Å². The lowest BCUT2D eigenvalue weighted by atomic mass is 10.0. The highest BCUT2D eigenvalue weighted by atomic mass is 16.5. The first-order chi connectivity index (χ1) is 12.7. The third-order valence-electron chi connectivity index (χ3n) is 4.41. The number of esters is 1. The van der Waals surface area contributed by atoms with Gasteiger partial charge in [-0.15, -0.1) is 5.10 Å². The van der Waals surface area contributed by atoms with Crippen molar-refractivity contribution in [2.45, 2.75) is 6.42 Å². The highest BCUT2D eigenvalue weighted by Crippen LogP contribution is 2.32. The molecule has 4 rings (SSSR count). The second kappa shape index (κ2) is 6.48. The van der Waals surface area contributed by atoms with Crippen molar-refractivity contribution in [3.05, 3.63) is 65.4 Å². The molecule has 0 atom stereocenters. The lowest BCUT2D eigenvalue weighted by molar-refractivity contribution is -0.136. The Morgan fingerprint density at radius 2 is 1.92 bits per heavy atom. The minimum absolute atomic E-state index is 0.368.